The molecule has 0 bridgehead atoms. The Morgan fingerprint density at radius 3 is 1.53 bits per heavy atom. The van der Waals surface area contributed by atoms with E-state index in [0.717, 1.165) is 56.1 Å². The van der Waals surface area contributed by atoms with Gasteiger partial charge in [-0.2, -0.15) is 0 Å². The summed E-state index contributed by atoms with van der Waals surface area (Å²) in [5.41, 5.74) is 0. The maximum absolute atomic E-state index is 9.56. The van der Waals surface area contributed by atoms with Crippen LogP contribution in [-0.4, -0.2) is 31.2 Å². The number of aliphatic hydroxyl groups is 1. The molecule has 0 amide bonds. The molecule has 0 aromatic carbocycles. The molecule has 6 unspecified atom stereocenters. The van der Waals surface area contributed by atoms with Gasteiger partial charge in [0.05, 0.1) is 6.10 Å². The third-order valence-corrected chi connectivity index (χ3v) is 6.26. The summed E-state index contributed by atoms with van der Waals surface area (Å²) in [7, 11) is 0. The number of unbranched alkanes of at least 4 members (excludes halogenated alkanes) is 3. The van der Waals surface area contributed by atoms with Crippen LogP contribution in [0.15, 0.2) is 0 Å². The monoisotopic (exact) mass is 428 g/mol. The van der Waals surface area contributed by atoms with Gasteiger partial charge >= 0.3 is 0 Å². The van der Waals surface area contributed by atoms with Gasteiger partial charge in [-0.05, 0) is 87.9 Å². The van der Waals surface area contributed by atoms with Crippen molar-refractivity contribution in [2.75, 3.05) is 20.0 Å². The van der Waals surface area contributed by atoms with Gasteiger partial charge in [-0.3, -0.25) is 0 Å². The van der Waals surface area contributed by atoms with E-state index >= 15 is 0 Å². The molecule has 30 heavy (non-hydrogen) atoms. The third-order valence-electron chi connectivity index (χ3n) is 6.26. The van der Waals surface area contributed by atoms with E-state index in [-0.39, 0.29) is 6.10 Å². The van der Waals surface area contributed by atoms with Gasteiger partial charge in [0, 0.05) is 13.2 Å². The molecule has 3 nitrogen and oxygen atoms in total. The summed E-state index contributed by atoms with van der Waals surface area (Å²) in [5, 5.41) is 9.56. The largest absolute Gasteiger partial charge is 0.393 e. The Balaban J connectivity index is 3.71. The highest BCUT2D eigenvalue weighted by Crippen LogP contribution is 2.28. The number of hydrogen-bond acceptors (Lipinski definition) is 3. The van der Waals surface area contributed by atoms with Gasteiger partial charge in [-0.15, -0.1) is 0 Å². The fourth-order valence-corrected chi connectivity index (χ4v) is 5.17. The lowest BCUT2D eigenvalue weighted by Crippen LogP contribution is -2.14. The molecule has 182 valence electrons. The van der Waals surface area contributed by atoms with Crippen molar-refractivity contribution >= 4 is 0 Å². The lowest BCUT2D eigenvalue weighted by atomic mass is 9.82. The number of ether oxygens (including phenoxy) is 2. The molecule has 6 atom stereocenters. The summed E-state index contributed by atoms with van der Waals surface area (Å²) in [6.07, 6.45) is 13.4. The molecule has 0 aliphatic carbocycles. The molecule has 0 saturated heterocycles. The highest BCUT2D eigenvalue weighted by atomic mass is 16.7. The van der Waals surface area contributed by atoms with Gasteiger partial charge in [0.1, 0.15) is 6.79 Å². The fraction of sp³-hybridized carbons (Fsp3) is 1.00. The zero-order chi connectivity index (χ0) is 22.8. The standard InChI is InChI=1S/C27H56O3/c1-8-9-10-11-14-29-21-30-15-12-13-22(2)16-23(3)17-24(4)18-25(5)19-26(6)20-27(7)28/h22-28H,8-21H2,1-7H3. The predicted octanol–water partition coefficient (Wildman–Crippen LogP) is 7.85. The summed E-state index contributed by atoms with van der Waals surface area (Å²) in [6, 6.07) is 0. The second kappa shape index (κ2) is 19.6. The van der Waals surface area contributed by atoms with Crippen molar-refractivity contribution in [2.45, 2.75) is 125 Å². The number of hydrogen-bond donors (Lipinski definition) is 1. The molecular weight excluding hydrogens is 372 g/mol. The minimum absolute atomic E-state index is 0.167. The van der Waals surface area contributed by atoms with Crippen LogP contribution in [0.25, 0.3) is 0 Å². The van der Waals surface area contributed by atoms with Gasteiger partial charge in [0.25, 0.3) is 0 Å². The molecule has 0 spiro atoms. The van der Waals surface area contributed by atoms with Gasteiger partial charge in [0.2, 0.25) is 0 Å². The molecule has 0 aromatic rings. The Morgan fingerprint density at radius 2 is 1.03 bits per heavy atom. The first-order chi connectivity index (χ1) is 14.2. The van der Waals surface area contributed by atoms with E-state index in [2.05, 4.69) is 41.5 Å². The molecule has 1 N–H and O–H groups in total. The maximum Gasteiger partial charge on any atom is 0.146 e. The van der Waals surface area contributed by atoms with E-state index in [1.165, 1.54) is 51.4 Å². The van der Waals surface area contributed by atoms with E-state index in [9.17, 15) is 5.11 Å². The SMILES string of the molecule is CCCCCCOCOCCCC(C)CC(C)CC(C)CC(C)CC(C)CC(C)O. The quantitative estimate of drug-likeness (QED) is 0.149. The molecule has 0 saturated carbocycles. The summed E-state index contributed by atoms with van der Waals surface area (Å²) >= 11 is 0. The van der Waals surface area contributed by atoms with Gasteiger partial charge < -0.3 is 14.6 Å². The lowest BCUT2D eigenvalue weighted by Gasteiger charge is -2.24. The Bertz CT molecular complexity index is 358. The van der Waals surface area contributed by atoms with E-state index in [0.29, 0.717) is 12.7 Å². The van der Waals surface area contributed by atoms with Crippen molar-refractivity contribution in [1.82, 2.24) is 0 Å². The smallest absolute Gasteiger partial charge is 0.146 e. The second-order valence-corrected chi connectivity index (χ2v) is 10.7. The van der Waals surface area contributed by atoms with Crippen molar-refractivity contribution < 1.29 is 14.6 Å². The van der Waals surface area contributed by atoms with Crippen molar-refractivity contribution in [3.05, 3.63) is 0 Å². The summed E-state index contributed by atoms with van der Waals surface area (Å²) in [4.78, 5) is 0. The minimum Gasteiger partial charge on any atom is -0.393 e. The van der Waals surface area contributed by atoms with Crippen molar-refractivity contribution in [1.29, 1.82) is 0 Å². The van der Waals surface area contributed by atoms with E-state index in [4.69, 9.17) is 9.47 Å². The summed E-state index contributed by atoms with van der Waals surface area (Å²) < 4.78 is 11.2. The molecular formula is C27H56O3. The molecule has 0 rings (SSSR count). The lowest BCUT2D eigenvalue weighted by molar-refractivity contribution is -0.0561. The van der Waals surface area contributed by atoms with E-state index in [1.807, 2.05) is 6.92 Å². The Morgan fingerprint density at radius 1 is 0.567 bits per heavy atom. The zero-order valence-electron chi connectivity index (χ0n) is 21.6. The Kier molecular flexibility index (Phi) is 19.5. The van der Waals surface area contributed by atoms with Crippen molar-refractivity contribution in [3.63, 3.8) is 0 Å². The van der Waals surface area contributed by atoms with Gasteiger partial charge in [-0.25, -0.2) is 0 Å². The first-order valence-corrected chi connectivity index (χ1v) is 13.1. The van der Waals surface area contributed by atoms with Crippen LogP contribution in [0.3, 0.4) is 0 Å². The average Bonchev–Trinajstić information content (AvgIpc) is 2.61. The van der Waals surface area contributed by atoms with Crippen LogP contribution in [-0.2, 0) is 9.47 Å². The zero-order valence-corrected chi connectivity index (χ0v) is 21.6. The number of aliphatic hydroxyl groups excluding tert-OH is 1. The molecule has 0 aliphatic rings. The minimum atomic E-state index is -0.167. The van der Waals surface area contributed by atoms with Crippen LogP contribution in [0.4, 0.5) is 0 Å². The van der Waals surface area contributed by atoms with Crippen LogP contribution in [0.5, 0.6) is 0 Å². The highest BCUT2D eigenvalue weighted by Gasteiger charge is 2.17. The Hall–Kier alpha value is -0.120. The average molecular weight is 429 g/mol. The molecule has 0 aliphatic heterocycles. The fourth-order valence-electron chi connectivity index (χ4n) is 5.17. The topological polar surface area (TPSA) is 38.7 Å². The van der Waals surface area contributed by atoms with Crippen LogP contribution >= 0.6 is 0 Å². The van der Waals surface area contributed by atoms with Gasteiger partial charge in [0.15, 0.2) is 0 Å². The summed E-state index contributed by atoms with van der Waals surface area (Å²) in [6.45, 7) is 18.2. The summed E-state index contributed by atoms with van der Waals surface area (Å²) in [5.74, 6) is 3.74. The van der Waals surface area contributed by atoms with E-state index < -0.39 is 0 Å². The molecule has 0 aromatic heterocycles. The first kappa shape index (κ1) is 29.9. The van der Waals surface area contributed by atoms with Crippen molar-refractivity contribution in [3.8, 4) is 0 Å². The number of rotatable bonds is 21. The van der Waals surface area contributed by atoms with Crippen LogP contribution in [0, 0.1) is 29.6 Å². The van der Waals surface area contributed by atoms with Crippen molar-refractivity contribution in [2.24, 2.45) is 29.6 Å². The molecule has 0 heterocycles. The van der Waals surface area contributed by atoms with Gasteiger partial charge in [-0.1, -0.05) is 60.8 Å². The molecule has 0 fully saturated rings. The van der Waals surface area contributed by atoms with E-state index in [1.54, 1.807) is 0 Å². The van der Waals surface area contributed by atoms with Crippen LogP contribution < -0.4 is 0 Å². The second-order valence-electron chi connectivity index (χ2n) is 10.7. The Labute approximate surface area is 189 Å². The normalized spacial score (nSPS) is 18.0. The third kappa shape index (κ3) is 19.8. The highest BCUT2D eigenvalue weighted by molar-refractivity contribution is 4.68. The van der Waals surface area contributed by atoms with Crippen LogP contribution in [0.1, 0.15) is 119 Å². The predicted molar refractivity (Wildman–Crippen MR) is 131 cm³/mol. The van der Waals surface area contributed by atoms with Crippen LogP contribution in [0.2, 0.25) is 0 Å². The molecule has 3 heteroatoms. The maximum atomic E-state index is 9.56. The molecule has 0 radical (unpaired) electrons. The first-order valence-electron chi connectivity index (χ1n) is 13.1.